The lowest BCUT2D eigenvalue weighted by atomic mass is 10.1. The number of rotatable bonds is 6. The second-order valence-electron chi connectivity index (χ2n) is 4.92. The van der Waals surface area contributed by atoms with Crippen molar-refractivity contribution >= 4 is 5.82 Å². The minimum absolute atomic E-state index is 0.288. The Morgan fingerprint density at radius 2 is 1.95 bits per heavy atom. The van der Waals surface area contributed by atoms with Gasteiger partial charge in [-0.3, -0.25) is 4.98 Å². The Labute approximate surface area is 120 Å². The van der Waals surface area contributed by atoms with Gasteiger partial charge in [-0.25, -0.2) is 4.98 Å². The van der Waals surface area contributed by atoms with Crippen molar-refractivity contribution in [1.29, 1.82) is 0 Å². The average molecular weight is 270 g/mol. The van der Waals surface area contributed by atoms with Crippen LogP contribution in [0.5, 0.6) is 0 Å². The van der Waals surface area contributed by atoms with Crippen LogP contribution in [0.25, 0.3) is 0 Å². The summed E-state index contributed by atoms with van der Waals surface area (Å²) < 4.78 is 0. The normalized spacial score (nSPS) is 12.2. The molecule has 20 heavy (non-hydrogen) atoms. The number of likely N-dealkylation sites (N-methyl/N-ethyl adjacent to an activating group) is 1. The van der Waals surface area contributed by atoms with Gasteiger partial charge in [0.15, 0.2) is 0 Å². The number of aromatic nitrogens is 2. The summed E-state index contributed by atoms with van der Waals surface area (Å²) in [7, 11) is 4.05. The highest BCUT2D eigenvalue weighted by molar-refractivity contribution is 5.47. The molecule has 0 fully saturated rings. The second kappa shape index (κ2) is 7.01. The predicted octanol–water partition coefficient (Wildman–Crippen LogP) is 2.44. The van der Waals surface area contributed by atoms with Crippen LogP contribution in [0.2, 0.25) is 0 Å². The van der Waals surface area contributed by atoms with E-state index >= 15 is 0 Å². The molecular formula is C16H22N4. The molecule has 0 spiro atoms. The molecule has 1 atom stereocenters. The Morgan fingerprint density at radius 1 is 1.15 bits per heavy atom. The number of hydrogen-bond acceptors (Lipinski definition) is 4. The maximum absolute atomic E-state index is 4.53. The second-order valence-corrected chi connectivity index (χ2v) is 4.92. The molecule has 1 N–H and O–H groups in total. The first kappa shape index (κ1) is 14.5. The van der Waals surface area contributed by atoms with E-state index in [0.29, 0.717) is 0 Å². The summed E-state index contributed by atoms with van der Waals surface area (Å²) in [5, 5.41) is 3.27. The van der Waals surface area contributed by atoms with E-state index in [1.807, 2.05) is 37.6 Å². The van der Waals surface area contributed by atoms with Crippen LogP contribution in [0.3, 0.4) is 0 Å². The van der Waals surface area contributed by atoms with Crippen molar-refractivity contribution in [2.75, 3.05) is 25.5 Å². The summed E-state index contributed by atoms with van der Waals surface area (Å²) >= 11 is 0. The van der Waals surface area contributed by atoms with Crippen LogP contribution in [0.1, 0.15) is 24.2 Å². The predicted molar refractivity (Wildman–Crippen MR) is 82.9 cm³/mol. The molecule has 1 unspecified atom stereocenters. The number of hydrogen-bond donors (Lipinski definition) is 1. The largest absolute Gasteiger partial charge is 0.359 e. The van der Waals surface area contributed by atoms with Crippen molar-refractivity contribution in [3.8, 4) is 0 Å². The molecule has 4 nitrogen and oxygen atoms in total. The maximum atomic E-state index is 4.53. The van der Waals surface area contributed by atoms with Gasteiger partial charge in [-0.1, -0.05) is 12.1 Å². The third-order valence-corrected chi connectivity index (χ3v) is 3.51. The van der Waals surface area contributed by atoms with Gasteiger partial charge < -0.3 is 10.2 Å². The minimum Gasteiger partial charge on any atom is -0.359 e. The van der Waals surface area contributed by atoms with E-state index in [0.717, 1.165) is 24.5 Å². The van der Waals surface area contributed by atoms with Crippen LogP contribution in [0.4, 0.5) is 5.82 Å². The van der Waals surface area contributed by atoms with Crippen molar-refractivity contribution in [2.45, 2.75) is 19.4 Å². The quantitative estimate of drug-likeness (QED) is 0.875. The Hall–Kier alpha value is -1.94. The molecule has 2 heterocycles. The molecule has 4 heteroatoms. The Morgan fingerprint density at radius 3 is 2.65 bits per heavy atom. The van der Waals surface area contributed by atoms with Crippen molar-refractivity contribution in [3.05, 3.63) is 54.0 Å². The summed E-state index contributed by atoms with van der Waals surface area (Å²) in [5.41, 5.74) is 2.33. The highest BCUT2D eigenvalue weighted by Crippen LogP contribution is 2.22. The standard InChI is InChI=1S/C16H22N4/c1-13(17-2)15-8-6-11-19-16(15)20(3)12-9-14-7-4-5-10-18-14/h4-8,10-11,13,17H,9,12H2,1-3H3. The first-order chi connectivity index (χ1) is 9.72. The lowest BCUT2D eigenvalue weighted by molar-refractivity contribution is 0.646. The van der Waals surface area contributed by atoms with Crippen LogP contribution >= 0.6 is 0 Å². The zero-order valence-electron chi connectivity index (χ0n) is 12.4. The zero-order chi connectivity index (χ0) is 14.4. The monoisotopic (exact) mass is 270 g/mol. The summed E-state index contributed by atoms with van der Waals surface area (Å²) in [6.45, 7) is 3.05. The van der Waals surface area contributed by atoms with E-state index in [1.54, 1.807) is 0 Å². The van der Waals surface area contributed by atoms with Crippen molar-refractivity contribution in [2.24, 2.45) is 0 Å². The zero-order valence-corrected chi connectivity index (χ0v) is 12.4. The molecule has 2 rings (SSSR count). The summed E-state index contributed by atoms with van der Waals surface area (Å²) in [5.74, 6) is 1.03. The fraction of sp³-hybridized carbons (Fsp3) is 0.375. The third-order valence-electron chi connectivity index (χ3n) is 3.51. The van der Waals surface area contributed by atoms with E-state index in [1.165, 1.54) is 5.56 Å². The Balaban J connectivity index is 2.07. The van der Waals surface area contributed by atoms with Crippen LogP contribution < -0.4 is 10.2 Å². The molecule has 106 valence electrons. The van der Waals surface area contributed by atoms with Gasteiger partial charge in [0.05, 0.1) is 0 Å². The van der Waals surface area contributed by atoms with Crippen LogP contribution in [-0.2, 0) is 6.42 Å². The van der Waals surface area contributed by atoms with E-state index in [9.17, 15) is 0 Å². The molecule has 0 bridgehead atoms. The van der Waals surface area contributed by atoms with Gasteiger partial charge in [0.2, 0.25) is 0 Å². The Kier molecular flexibility index (Phi) is 5.07. The molecule has 0 aliphatic heterocycles. The van der Waals surface area contributed by atoms with Crippen LogP contribution in [-0.4, -0.2) is 30.6 Å². The van der Waals surface area contributed by atoms with Gasteiger partial charge in [0.1, 0.15) is 5.82 Å². The number of anilines is 1. The minimum atomic E-state index is 0.288. The van der Waals surface area contributed by atoms with Gasteiger partial charge in [0.25, 0.3) is 0 Å². The molecular weight excluding hydrogens is 248 g/mol. The SMILES string of the molecule is CNC(C)c1cccnc1N(C)CCc1ccccn1. The van der Waals surface area contributed by atoms with Gasteiger partial charge in [-0.2, -0.15) is 0 Å². The van der Waals surface area contributed by atoms with Crippen molar-refractivity contribution in [3.63, 3.8) is 0 Å². The van der Waals surface area contributed by atoms with Gasteiger partial charge in [-0.05, 0) is 32.2 Å². The number of nitrogens with one attached hydrogen (secondary N) is 1. The summed E-state index contributed by atoms with van der Waals surface area (Å²) in [4.78, 5) is 11.1. The van der Waals surface area contributed by atoms with Gasteiger partial charge in [-0.15, -0.1) is 0 Å². The molecule has 0 radical (unpaired) electrons. The summed E-state index contributed by atoms with van der Waals surface area (Å²) in [6, 6.07) is 10.4. The molecule has 0 aliphatic rings. The van der Waals surface area contributed by atoms with E-state index in [4.69, 9.17) is 0 Å². The molecule has 0 aromatic carbocycles. The van der Waals surface area contributed by atoms with Crippen LogP contribution in [0.15, 0.2) is 42.7 Å². The fourth-order valence-corrected chi connectivity index (χ4v) is 2.16. The Bertz CT molecular complexity index is 527. The molecule has 0 amide bonds. The maximum Gasteiger partial charge on any atom is 0.133 e. The van der Waals surface area contributed by atoms with E-state index in [-0.39, 0.29) is 6.04 Å². The highest BCUT2D eigenvalue weighted by atomic mass is 15.2. The first-order valence-electron chi connectivity index (χ1n) is 6.95. The van der Waals surface area contributed by atoms with E-state index in [2.05, 4.69) is 46.3 Å². The van der Waals surface area contributed by atoms with E-state index < -0.39 is 0 Å². The fourth-order valence-electron chi connectivity index (χ4n) is 2.16. The third kappa shape index (κ3) is 3.54. The smallest absolute Gasteiger partial charge is 0.133 e. The first-order valence-corrected chi connectivity index (χ1v) is 6.95. The van der Waals surface area contributed by atoms with Gasteiger partial charge in [0, 0.05) is 49.7 Å². The molecule has 0 saturated heterocycles. The topological polar surface area (TPSA) is 41.1 Å². The molecule has 0 saturated carbocycles. The van der Waals surface area contributed by atoms with Crippen LogP contribution in [0, 0.1) is 0 Å². The van der Waals surface area contributed by atoms with Gasteiger partial charge >= 0.3 is 0 Å². The van der Waals surface area contributed by atoms with Crippen molar-refractivity contribution < 1.29 is 0 Å². The number of nitrogens with zero attached hydrogens (tertiary/aromatic N) is 3. The lowest BCUT2D eigenvalue weighted by Gasteiger charge is -2.23. The molecule has 2 aromatic rings. The summed E-state index contributed by atoms with van der Waals surface area (Å²) in [6.07, 6.45) is 4.60. The van der Waals surface area contributed by atoms with Crippen molar-refractivity contribution in [1.82, 2.24) is 15.3 Å². The highest BCUT2D eigenvalue weighted by Gasteiger charge is 2.13. The number of pyridine rings is 2. The molecule has 0 aliphatic carbocycles. The molecule has 2 aromatic heterocycles. The lowest BCUT2D eigenvalue weighted by Crippen LogP contribution is -2.25. The average Bonchev–Trinajstić information content (AvgIpc) is 2.52.